The molecule has 0 aromatic carbocycles. The molecule has 128 valence electrons. The van der Waals surface area contributed by atoms with Gasteiger partial charge >= 0.3 is 5.97 Å². The van der Waals surface area contributed by atoms with Crippen molar-refractivity contribution in [2.45, 2.75) is 25.8 Å². The predicted octanol–water partition coefficient (Wildman–Crippen LogP) is 2.73. The van der Waals surface area contributed by atoms with Crippen molar-refractivity contribution in [2.75, 3.05) is 13.7 Å². The quantitative estimate of drug-likeness (QED) is 0.803. The molecule has 7 heteroatoms. The van der Waals surface area contributed by atoms with Crippen molar-refractivity contribution in [2.24, 2.45) is 0 Å². The Bertz CT molecular complexity index is 730. The molecule has 0 bridgehead atoms. The lowest BCUT2D eigenvalue weighted by Gasteiger charge is -2.28. The van der Waals surface area contributed by atoms with Gasteiger partial charge in [-0.15, -0.1) is 0 Å². The van der Waals surface area contributed by atoms with Gasteiger partial charge in [0.05, 0.1) is 35.5 Å². The maximum absolute atomic E-state index is 12.5. The van der Waals surface area contributed by atoms with E-state index in [1.165, 1.54) is 7.11 Å². The van der Waals surface area contributed by atoms with E-state index >= 15 is 0 Å². The van der Waals surface area contributed by atoms with Gasteiger partial charge in [0.25, 0.3) is 5.91 Å². The van der Waals surface area contributed by atoms with Crippen molar-refractivity contribution in [3.8, 4) is 11.3 Å². The smallest absolute Gasteiger partial charge is 0.305 e. The molecule has 0 aliphatic heterocycles. The first-order chi connectivity index (χ1) is 11.3. The number of aliphatic carboxylic acids is 1. The Morgan fingerprint density at radius 2 is 2.12 bits per heavy atom. The molecule has 0 aliphatic carbocycles. The molecule has 2 rings (SSSR count). The third-order valence-electron chi connectivity index (χ3n) is 3.57. The van der Waals surface area contributed by atoms with Gasteiger partial charge in [0.2, 0.25) is 0 Å². The number of carboxylic acid groups (broad SMARTS) is 1. The summed E-state index contributed by atoms with van der Waals surface area (Å²) in [5.41, 5.74) is 1.82. The highest BCUT2D eigenvalue weighted by molar-refractivity contribution is 7.08. The fraction of sp³-hybridized carbons (Fsp3) is 0.353. The standard InChI is InChI=1S/C17H20N2O4S/c1-11-13(4-5-14(18-11)12-6-7-24-9-12)16(22)19-17(2,10-23-3)8-15(20)21/h4-7,9H,8,10H2,1-3H3,(H,19,22)(H,20,21). The summed E-state index contributed by atoms with van der Waals surface area (Å²) in [6.07, 6.45) is -0.230. The van der Waals surface area contributed by atoms with Gasteiger partial charge in [0, 0.05) is 18.1 Å². The fourth-order valence-corrected chi connectivity index (χ4v) is 3.15. The van der Waals surface area contributed by atoms with Crippen LogP contribution >= 0.6 is 11.3 Å². The molecule has 2 N–H and O–H groups in total. The van der Waals surface area contributed by atoms with Crippen LogP contribution in [0.5, 0.6) is 0 Å². The number of carboxylic acids is 1. The summed E-state index contributed by atoms with van der Waals surface area (Å²) >= 11 is 1.58. The van der Waals surface area contributed by atoms with Crippen molar-refractivity contribution in [3.63, 3.8) is 0 Å². The SMILES string of the molecule is COCC(C)(CC(=O)O)NC(=O)c1ccc(-c2ccsc2)nc1C. The van der Waals surface area contributed by atoms with Gasteiger partial charge in [-0.3, -0.25) is 14.6 Å². The average molecular weight is 348 g/mol. The summed E-state index contributed by atoms with van der Waals surface area (Å²) in [5.74, 6) is -1.37. The van der Waals surface area contributed by atoms with Crippen LogP contribution in [0.2, 0.25) is 0 Å². The van der Waals surface area contributed by atoms with E-state index in [-0.39, 0.29) is 18.9 Å². The van der Waals surface area contributed by atoms with Crippen LogP contribution in [0, 0.1) is 6.92 Å². The minimum Gasteiger partial charge on any atom is -0.481 e. The van der Waals surface area contributed by atoms with Crippen LogP contribution in [0.3, 0.4) is 0 Å². The maximum Gasteiger partial charge on any atom is 0.305 e. The molecule has 0 radical (unpaired) electrons. The Morgan fingerprint density at radius 1 is 1.38 bits per heavy atom. The maximum atomic E-state index is 12.5. The minimum atomic E-state index is -1.00. The van der Waals surface area contributed by atoms with Gasteiger partial charge < -0.3 is 15.2 Å². The predicted molar refractivity (Wildman–Crippen MR) is 92.3 cm³/mol. The molecule has 6 nitrogen and oxygen atoms in total. The van der Waals surface area contributed by atoms with Crippen LogP contribution in [0.25, 0.3) is 11.3 Å². The molecule has 1 amide bonds. The number of hydrogen-bond acceptors (Lipinski definition) is 5. The van der Waals surface area contributed by atoms with Gasteiger partial charge in [-0.1, -0.05) is 0 Å². The number of aromatic nitrogens is 1. The van der Waals surface area contributed by atoms with E-state index in [4.69, 9.17) is 9.84 Å². The third kappa shape index (κ3) is 4.39. The number of ether oxygens (including phenoxy) is 1. The monoisotopic (exact) mass is 348 g/mol. The van der Waals surface area contributed by atoms with Crippen LogP contribution in [0.4, 0.5) is 0 Å². The van der Waals surface area contributed by atoms with Gasteiger partial charge in [-0.2, -0.15) is 11.3 Å². The van der Waals surface area contributed by atoms with E-state index in [0.29, 0.717) is 11.3 Å². The first-order valence-corrected chi connectivity index (χ1v) is 8.32. The largest absolute Gasteiger partial charge is 0.481 e. The minimum absolute atomic E-state index is 0.102. The number of thiophene rings is 1. The van der Waals surface area contributed by atoms with Gasteiger partial charge in [0.1, 0.15) is 0 Å². The number of nitrogens with one attached hydrogen (secondary N) is 1. The second-order valence-corrected chi connectivity index (χ2v) is 6.64. The number of carbonyl (C=O) groups excluding carboxylic acids is 1. The van der Waals surface area contributed by atoms with E-state index in [0.717, 1.165) is 11.3 Å². The lowest BCUT2D eigenvalue weighted by atomic mass is 9.98. The van der Waals surface area contributed by atoms with Crippen molar-refractivity contribution in [1.29, 1.82) is 0 Å². The Hall–Kier alpha value is -2.25. The first-order valence-electron chi connectivity index (χ1n) is 7.38. The summed E-state index contributed by atoms with van der Waals surface area (Å²) in [6.45, 7) is 3.51. The Morgan fingerprint density at radius 3 is 2.67 bits per heavy atom. The van der Waals surface area contributed by atoms with E-state index in [1.807, 2.05) is 16.8 Å². The molecule has 2 aromatic heterocycles. The Labute approximate surface area is 144 Å². The number of pyridine rings is 1. The number of methoxy groups -OCH3 is 1. The number of aryl methyl sites for hydroxylation is 1. The van der Waals surface area contributed by atoms with Crippen LogP contribution in [0.15, 0.2) is 29.0 Å². The topological polar surface area (TPSA) is 88.5 Å². The van der Waals surface area contributed by atoms with Gasteiger partial charge in [0.15, 0.2) is 0 Å². The number of nitrogens with zero attached hydrogens (tertiary/aromatic N) is 1. The second-order valence-electron chi connectivity index (χ2n) is 5.86. The second kappa shape index (κ2) is 7.55. The summed E-state index contributed by atoms with van der Waals surface area (Å²) < 4.78 is 5.05. The number of amides is 1. The Balaban J connectivity index is 2.21. The highest BCUT2D eigenvalue weighted by atomic mass is 32.1. The molecule has 0 saturated carbocycles. The van der Waals surface area contributed by atoms with Gasteiger partial charge in [-0.25, -0.2) is 0 Å². The molecule has 0 fully saturated rings. The molecule has 2 heterocycles. The molecule has 0 aliphatic rings. The highest BCUT2D eigenvalue weighted by Gasteiger charge is 2.30. The van der Waals surface area contributed by atoms with Gasteiger partial charge in [-0.05, 0) is 37.4 Å². The molecular formula is C17H20N2O4S. The lowest BCUT2D eigenvalue weighted by Crippen LogP contribution is -2.50. The zero-order chi connectivity index (χ0) is 17.7. The highest BCUT2D eigenvalue weighted by Crippen LogP contribution is 2.22. The molecular weight excluding hydrogens is 328 g/mol. The molecule has 24 heavy (non-hydrogen) atoms. The number of carbonyl (C=O) groups is 2. The summed E-state index contributed by atoms with van der Waals surface area (Å²) in [4.78, 5) is 28.0. The molecule has 1 atom stereocenters. The zero-order valence-corrected chi connectivity index (χ0v) is 14.6. The lowest BCUT2D eigenvalue weighted by molar-refractivity contribution is -0.139. The zero-order valence-electron chi connectivity index (χ0n) is 13.8. The van der Waals surface area contributed by atoms with E-state index in [2.05, 4.69) is 10.3 Å². The van der Waals surface area contributed by atoms with E-state index in [1.54, 1.807) is 37.3 Å². The molecule has 2 aromatic rings. The van der Waals surface area contributed by atoms with Crippen molar-refractivity contribution < 1.29 is 19.4 Å². The summed E-state index contributed by atoms with van der Waals surface area (Å²) in [6, 6.07) is 5.46. The van der Waals surface area contributed by atoms with Crippen molar-refractivity contribution >= 4 is 23.2 Å². The third-order valence-corrected chi connectivity index (χ3v) is 4.25. The first kappa shape index (κ1) is 18.1. The number of rotatable bonds is 7. The number of hydrogen-bond donors (Lipinski definition) is 2. The van der Waals surface area contributed by atoms with Crippen molar-refractivity contribution in [1.82, 2.24) is 10.3 Å². The van der Waals surface area contributed by atoms with Crippen LogP contribution in [-0.2, 0) is 9.53 Å². The van der Waals surface area contributed by atoms with Crippen LogP contribution in [0.1, 0.15) is 29.4 Å². The summed E-state index contributed by atoms with van der Waals surface area (Å²) in [5, 5.41) is 15.7. The van der Waals surface area contributed by atoms with E-state index < -0.39 is 11.5 Å². The van der Waals surface area contributed by atoms with Crippen LogP contribution in [-0.4, -0.2) is 41.2 Å². The molecule has 0 saturated heterocycles. The molecule has 1 unspecified atom stereocenters. The average Bonchev–Trinajstić information content (AvgIpc) is 2.99. The normalized spacial score (nSPS) is 13.3. The van der Waals surface area contributed by atoms with Crippen LogP contribution < -0.4 is 5.32 Å². The Kier molecular flexibility index (Phi) is 5.69. The summed E-state index contributed by atoms with van der Waals surface area (Å²) in [7, 11) is 1.47. The molecule has 0 spiro atoms. The van der Waals surface area contributed by atoms with E-state index in [9.17, 15) is 9.59 Å². The fourth-order valence-electron chi connectivity index (χ4n) is 2.50. The van der Waals surface area contributed by atoms with Crippen molar-refractivity contribution in [3.05, 3.63) is 40.2 Å².